The molecule has 8 heteroatoms. The lowest BCUT2D eigenvalue weighted by Gasteiger charge is -2.32. The normalized spacial score (nSPS) is 14.6. The summed E-state index contributed by atoms with van der Waals surface area (Å²) in [5.74, 6) is -2.14. The van der Waals surface area contributed by atoms with Crippen molar-refractivity contribution < 1.29 is 27.1 Å². The Morgan fingerprint density at radius 3 is 2.16 bits per heavy atom. The van der Waals surface area contributed by atoms with E-state index in [4.69, 9.17) is 4.74 Å². The smallest absolute Gasteiger partial charge is 0.343 e. The number of esters is 1. The fourth-order valence-corrected chi connectivity index (χ4v) is 5.14. The first-order valence-electron chi connectivity index (χ1n) is 9.78. The highest BCUT2D eigenvalue weighted by molar-refractivity contribution is 7.89. The fraction of sp³-hybridized carbons (Fsp3) is 0.0833. The Bertz CT molecular complexity index is 1330. The van der Waals surface area contributed by atoms with Gasteiger partial charge in [-0.2, -0.15) is 0 Å². The zero-order valence-electron chi connectivity index (χ0n) is 17.0. The molecule has 0 radical (unpaired) electrons. The molecule has 0 fully saturated rings. The van der Waals surface area contributed by atoms with E-state index in [1.54, 1.807) is 49.4 Å². The molecule has 32 heavy (non-hydrogen) atoms. The number of carbonyl (C=O) groups is 2. The number of nitrogens with zero attached hydrogens (tertiary/aromatic N) is 1. The molecule has 1 aliphatic heterocycles. The number of likely N-dealkylation sites (N-methyl/N-ethyl adjacent to an activating group) is 1. The Morgan fingerprint density at radius 2 is 1.50 bits per heavy atom. The summed E-state index contributed by atoms with van der Waals surface area (Å²) >= 11 is 0. The molecular formula is C24H18FNO5S. The van der Waals surface area contributed by atoms with Crippen molar-refractivity contribution in [2.24, 2.45) is 0 Å². The molecule has 162 valence electrons. The standard InChI is InChI=1S/C24H18FNO5S/c1-2-26-21(22(27)16-8-4-3-5-9-16)23(19-10-6-7-11-20(19)32(26,29)30)31-24(28)17-12-14-18(25)15-13-17/h3-15H,2H2,1H3. The minimum atomic E-state index is -4.06. The first kappa shape index (κ1) is 21.5. The molecule has 0 amide bonds. The van der Waals surface area contributed by atoms with Crippen LogP contribution in [-0.2, 0) is 14.8 Å². The van der Waals surface area contributed by atoms with Crippen molar-refractivity contribution in [2.75, 3.05) is 6.54 Å². The highest BCUT2D eigenvalue weighted by atomic mass is 32.2. The van der Waals surface area contributed by atoms with E-state index in [1.807, 2.05) is 0 Å². The van der Waals surface area contributed by atoms with Gasteiger partial charge >= 0.3 is 5.97 Å². The van der Waals surface area contributed by atoms with Crippen molar-refractivity contribution in [3.05, 3.63) is 107 Å². The van der Waals surface area contributed by atoms with Crippen LogP contribution in [0.5, 0.6) is 0 Å². The van der Waals surface area contributed by atoms with Gasteiger partial charge in [0.15, 0.2) is 5.76 Å². The maximum atomic E-state index is 13.4. The van der Waals surface area contributed by atoms with E-state index in [0.717, 1.165) is 16.4 Å². The summed E-state index contributed by atoms with van der Waals surface area (Å²) in [7, 11) is -4.06. The van der Waals surface area contributed by atoms with Crippen LogP contribution in [0, 0.1) is 5.82 Å². The van der Waals surface area contributed by atoms with Crippen LogP contribution in [0.3, 0.4) is 0 Å². The van der Waals surface area contributed by atoms with E-state index in [9.17, 15) is 22.4 Å². The van der Waals surface area contributed by atoms with Gasteiger partial charge in [-0.25, -0.2) is 17.6 Å². The third-order valence-corrected chi connectivity index (χ3v) is 6.91. The van der Waals surface area contributed by atoms with Crippen LogP contribution in [0.15, 0.2) is 89.5 Å². The maximum Gasteiger partial charge on any atom is 0.343 e. The molecule has 0 atom stereocenters. The van der Waals surface area contributed by atoms with Crippen LogP contribution in [-0.4, -0.2) is 31.0 Å². The number of fused-ring (bicyclic) bond motifs is 1. The first-order chi connectivity index (χ1) is 15.3. The van der Waals surface area contributed by atoms with Crippen molar-refractivity contribution in [2.45, 2.75) is 11.8 Å². The van der Waals surface area contributed by atoms with Gasteiger partial charge in [0.25, 0.3) is 10.0 Å². The Hall–Kier alpha value is -3.78. The molecule has 0 bridgehead atoms. The lowest BCUT2D eigenvalue weighted by Crippen LogP contribution is -2.38. The molecule has 0 saturated heterocycles. The second-order valence-corrected chi connectivity index (χ2v) is 8.77. The van der Waals surface area contributed by atoms with Crippen LogP contribution in [0.4, 0.5) is 4.39 Å². The molecular weight excluding hydrogens is 433 g/mol. The highest BCUT2D eigenvalue weighted by Gasteiger charge is 2.41. The average Bonchev–Trinajstić information content (AvgIpc) is 2.81. The van der Waals surface area contributed by atoms with E-state index in [0.29, 0.717) is 0 Å². The van der Waals surface area contributed by atoms with E-state index < -0.39 is 27.6 Å². The summed E-state index contributed by atoms with van der Waals surface area (Å²) in [6, 6.07) is 18.9. The number of allylic oxidation sites excluding steroid dienone is 1. The monoisotopic (exact) mass is 451 g/mol. The SMILES string of the molecule is CCN1C(C(=O)c2ccccc2)=C(OC(=O)c2ccc(F)cc2)c2ccccc2S1(=O)=O. The van der Waals surface area contributed by atoms with E-state index in [1.165, 1.54) is 24.3 Å². The Kier molecular flexibility index (Phi) is 5.63. The fourth-order valence-electron chi connectivity index (χ4n) is 3.47. The number of rotatable bonds is 5. The number of hydrogen-bond acceptors (Lipinski definition) is 5. The van der Waals surface area contributed by atoms with E-state index in [-0.39, 0.29) is 39.6 Å². The van der Waals surface area contributed by atoms with Crippen molar-refractivity contribution in [1.29, 1.82) is 0 Å². The minimum absolute atomic E-state index is 0.0534. The zero-order chi connectivity index (χ0) is 22.9. The molecule has 4 rings (SSSR count). The second-order valence-electron chi connectivity index (χ2n) is 6.94. The highest BCUT2D eigenvalue weighted by Crippen LogP contribution is 2.39. The maximum absolute atomic E-state index is 13.4. The van der Waals surface area contributed by atoms with Crippen LogP contribution in [0.25, 0.3) is 5.76 Å². The third-order valence-electron chi connectivity index (χ3n) is 4.98. The number of ketones is 1. The summed E-state index contributed by atoms with van der Waals surface area (Å²) in [5, 5.41) is 0. The van der Waals surface area contributed by atoms with Crippen molar-refractivity contribution in [3.8, 4) is 0 Å². The molecule has 3 aromatic carbocycles. The van der Waals surface area contributed by atoms with Gasteiger partial charge in [-0.3, -0.25) is 9.10 Å². The van der Waals surface area contributed by atoms with Crippen LogP contribution in [0.2, 0.25) is 0 Å². The van der Waals surface area contributed by atoms with Crippen LogP contribution < -0.4 is 0 Å². The van der Waals surface area contributed by atoms with Gasteiger partial charge in [-0.05, 0) is 43.3 Å². The first-order valence-corrected chi connectivity index (χ1v) is 11.2. The molecule has 0 unspecified atom stereocenters. The Morgan fingerprint density at radius 1 is 0.875 bits per heavy atom. The predicted octanol–water partition coefficient (Wildman–Crippen LogP) is 4.26. The third kappa shape index (κ3) is 3.69. The zero-order valence-corrected chi connectivity index (χ0v) is 17.8. The predicted molar refractivity (Wildman–Crippen MR) is 116 cm³/mol. The number of halogens is 1. The molecule has 0 saturated carbocycles. The van der Waals surface area contributed by atoms with Crippen LogP contribution >= 0.6 is 0 Å². The molecule has 3 aromatic rings. The Labute approximate surface area is 184 Å². The molecule has 0 aromatic heterocycles. The molecule has 0 aliphatic carbocycles. The summed E-state index contributed by atoms with van der Waals surface area (Å²) in [4.78, 5) is 26.2. The van der Waals surface area contributed by atoms with Crippen molar-refractivity contribution >= 4 is 27.5 Å². The van der Waals surface area contributed by atoms with Gasteiger partial charge in [0, 0.05) is 17.7 Å². The largest absolute Gasteiger partial charge is 0.420 e. The minimum Gasteiger partial charge on any atom is -0.420 e. The topological polar surface area (TPSA) is 80.8 Å². The number of carbonyl (C=O) groups excluding carboxylic acids is 2. The number of benzene rings is 3. The second kappa shape index (κ2) is 8.39. The summed E-state index contributed by atoms with van der Waals surface area (Å²) in [6.45, 7) is 1.53. The lowest BCUT2D eigenvalue weighted by atomic mass is 10.0. The molecule has 1 aliphatic rings. The summed E-state index contributed by atoms with van der Waals surface area (Å²) in [6.07, 6.45) is 0. The quantitative estimate of drug-likeness (QED) is 0.428. The number of ether oxygens (including phenoxy) is 1. The number of sulfonamides is 1. The summed E-state index contributed by atoms with van der Waals surface area (Å²) < 4.78 is 46.4. The number of Topliss-reactive ketones (excluding diaryl/α,β-unsaturated/α-hetero) is 1. The Balaban J connectivity index is 1.94. The van der Waals surface area contributed by atoms with Gasteiger partial charge in [0.2, 0.25) is 5.78 Å². The number of hydrogen-bond donors (Lipinski definition) is 0. The molecule has 0 N–H and O–H groups in total. The lowest BCUT2D eigenvalue weighted by molar-refractivity contribution is 0.0685. The van der Waals surface area contributed by atoms with E-state index >= 15 is 0 Å². The van der Waals surface area contributed by atoms with Gasteiger partial charge in [0.1, 0.15) is 11.5 Å². The molecule has 6 nitrogen and oxygen atoms in total. The van der Waals surface area contributed by atoms with Crippen molar-refractivity contribution in [3.63, 3.8) is 0 Å². The van der Waals surface area contributed by atoms with Crippen molar-refractivity contribution in [1.82, 2.24) is 4.31 Å². The van der Waals surface area contributed by atoms with Gasteiger partial charge in [0.05, 0.1) is 10.5 Å². The van der Waals surface area contributed by atoms with E-state index in [2.05, 4.69) is 0 Å². The molecule has 1 heterocycles. The summed E-state index contributed by atoms with van der Waals surface area (Å²) in [5.41, 5.74) is 0.144. The van der Waals surface area contributed by atoms with Gasteiger partial charge in [-0.15, -0.1) is 0 Å². The molecule has 0 spiro atoms. The van der Waals surface area contributed by atoms with Gasteiger partial charge in [-0.1, -0.05) is 42.5 Å². The van der Waals surface area contributed by atoms with Gasteiger partial charge < -0.3 is 4.74 Å². The van der Waals surface area contributed by atoms with Crippen LogP contribution in [0.1, 0.15) is 33.2 Å². The average molecular weight is 451 g/mol.